The lowest BCUT2D eigenvalue weighted by molar-refractivity contribution is -0.127. The molecule has 0 spiro atoms. The maximum absolute atomic E-state index is 13.9. The minimum atomic E-state index is -6.28. The Morgan fingerprint density at radius 3 is 1.97 bits per heavy atom. The number of hydrogen-bond donors (Lipinski definition) is 2. The second-order valence-electron chi connectivity index (χ2n) is 8.19. The maximum atomic E-state index is 13.9. The smallest absolute Gasteiger partial charge is 0.448 e. The van der Waals surface area contributed by atoms with Crippen molar-refractivity contribution < 1.29 is 40.5 Å². The van der Waals surface area contributed by atoms with Crippen LogP contribution in [0.2, 0.25) is 0 Å². The van der Waals surface area contributed by atoms with Gasteiger partial charge in [0, 0.05) is 11.1 Å². The zero-order valence-corrected chi connectivity index (χ0v) is 15.6. The molecule has 11 heteroatoms. The third kappa shape index (κ3) is 2.04. The molecular weight excluding hydrogens is 418 g/mol. The molecule has 29 heavy (non-hydrogen) atoms. The van der Waals surface area contributed by atoms with Crippen molar-refractivity contribution in [1.82, 2.24) is 4.73 Å². The maximum Gasteiger partial charge on any atom is 0.448 e. The number of allylic oxidation sites excluding steroid dienone is 3. The number of aromatic nitrogens is 1. The van der Waals surface area contributed by atoms with Crippen molar-refractivity contribution in [3.8, 4) is 11.8 Å². The van der Waals surface area contributed by atoms with Gasteiger partial charge in [-0.25, -0.2) is 0 Å². The summed E-state index contributed by atoms with van der Waals surface area (Å²) < 4.78 is 82.4. The number of nitrogens with zero attached hydrogens (tertiary/aromatic N) is 1. The van der Waals surface area contributed by atoms with Crippen LogP contribution in [0.15, 0.2) is 24.8 Å². The summed E-state index contributed by atoms with van der Waals surface area (Å²) in [5.74, 6) is -6.18. The topological polar surface area (TPSA) is 88.8 Å². The highest BCUT2D eigenvalue weighted by Crippen LogP contribution is 2.72. The van der Waals surface area contributed by atoms with Crippen molar-refractivity contribution in [2.45, 2.75) is 35.9 Å². The summed E-state index contributed by atoms with van der Waals surface area (Å²) in [5.41, 5.74) is 0.507. The Morgan fingerprint density at radius 1 is 1.03 bits per heavy atom. The highest BCUT2D eigenvalue weighted by Gasteiger charge is 2.67. The molecular formula is C18H17F4NO5S. The lowest BCUT2D eigenvalue weighted by atomic mass is 9.72. The van der Waals surface area contributed by atoms with Gasteiger partial charge in [-0.05, 0) is 54.4 Å². The van der Waals surface area contributed by atoms with E-state index in [-0.39, 0.29) is 39.5 Å². The molecule has 0 saturated heterocycles. The molecule has 2 N–H and O–H groups in total. The van der Waals surface area contributed by atoms with Gasteiger partial charge in [0.15, 0.2) is 0 Å². The van der Waals surface area contributed by atoms with Gasteiger partial charge >= 0.3 is 21.3 Å². The second kappa shape index (κ2) is 5.30. The molecule has 1 heterocycles. The van der Waals surface area contributed by atoms with Crippen LogP contribution in [0.1, 0.15) is 35.8 Å². The fourth-order valence-electron chi connectivity index (χ4n) is 6.03. The Morgan fingerprint density at radius 2 is 1.52 bits per heavy atom. The lowest BCUT2D eigenvalue weighted by Crippen LogP contribution is -2.49. The Balaban J connectivity index is 1.55. The molecule has 5 rings (SSSR count). The third-order valence-corrected chi connectivity index (χ3v) is 8.29. The molecule has 1 aromatic heterocycles. The van der Waals surface area contributed by atoms with Crippen LogP contribution in [-0.4, -0.2) is 34.5 Å². The van der Waals surface area contributed by atoms with Crippen LogP contribution in [-0.2, 0) is 10.1 Å². The number of fused-ring (bicyclic) bond motifs is 12. The number of alkyl halides is 4. The molecule has 6 unspecified atom stereocenters. The van der Waals surface area contributed by atoms with Crippen LogP contribution >= 0.6 is 0 Å². The van der Waals surface area contributed by atoms with Gasteiger partial charge in [0.05, 0.1) is 0 Å². The van der Waals surface area contributed by atoms with Gasteiger partial charge in [-0.1, -0.05) is 23.5 Å². The van der Waals surface area contributed by atoms with Crippen molar-refractivity contribution in [3.05, 3.63) is 35.9 Å². The highest BCUT2D eigenvalue weighted by molar-refractivity contribution is 7.88. The van der Waals surface area contributed by atoms with Gasteiger partial charge in [-0.3, -0.25) is 4.28 Å². The highest BCUT2D eigenvalue weighted by atomic mass is 32.2. The quantitative estimate of drug-likeness (QED) is 0.422. The first-order valence-corrected chi connectivity index (χ1v) is 10.5. The van der Waals surface area contributed by atoms with Crippen LogP contribution < -0.4 is 4.28 Å². The minimum absolute atomic E-state index is 0.0807. The monoisotopic (exact) mass is 435 g/mol. The van der Waals surface area contributed by atoms with E-state index in [1.54, 1.807) is 0 Å². The molecule has 158 valence electrons. The van der Waals surface area contributed by atoms with E-state index < -0.39 is 39.1 Å². The SMILES string of the molecule is C=CC(F)(F)C(F)(F)S(=O)(=O)On1c(O)c2c(c1O)C1CC2C2C3C=CC(C3)C12. The molecule has 1 aromatic rings. The summed E-state index contributed by atoms with van der Waals surface area (Å²) in [4.78, 5) is 0. The lowest BCUT2D eigenvalue weighted by Gasteiger charge is -2.31. The molecule has 6 atom stereocenters. The number of aromatic hydroxyl groups is 2. The number of hydrogen-bond acceptors (Lipinski definition) is 5. The summed E-state index contributed by atoms with van der Waals surface area (Å²) in [6, 6.07) is 0. The first-order chi connectivity index (χ1) is 13.4. The fraction of sp³-hybridized carbons (Fsp3) is 0.556. The molecule has 0 radical (unpaired) electrons. The summed E-state index contributed by atoms with van der Waals surface area (Å²) in [7, 11) is -6.28. The van der Waals surface area contributed by atoms with Gasteiger partial charge in [0.2, 0.25) is 11.8 Å². The van der Waals surface area contributed by atoms with E-state index in [0.29, 0.717) is 18.3 Å². The van der Waals surface area contributed by atoms with E-state index in [2.05, 4.69) is 23.0 Å². The molecule has 0 aromatic carbocycles. The molecule has 2 saturated carbocycles. The summed E-state index contributed by atoms with van der Waals surface area (Å²) in [6.45, 7) is 2.51. The fourth-order valence-corrected chi connectivity index (χ4v) is 6.88. The van der Waals surface area contributed by atoms with Crippen LogP contribution in [0.4, 0.5) is 17.6 Å². The van der Waals surface area contributed by atoms with Crippen molar-refractivity contribution in [1.29, 1.82) is 0 Å². The minimum Gasteiger partial charge on any atom is -0.492 e. The predicted molar refractivity (Wildman–Crippen MR) is 91.2 cm³/mol. The van der Waals surface area contributed by atoms with Crippen molar-refractivity contribution in [3.63, 3.8) is 0 Å². The third-order valence-electron chi connectivity index (χ3n) is 7.05. The zero-order valence-electron chi connectivity index (χ0n) is 14.8. The standard InChI is InChI=1S/C18H17F4NO5S/c1-2-17(19,20)18(21,22)29(26,27)28-23-15(24)13-9-6-10(14(13)16(23)25)12-8-4-3-7(5-8)11(9)12/h2-4,7-12,24-25H,1,5-6H2. The van der Waals surface area contributed by atoms with Crippen LogP contribution in [0.3, 0.4) is 0 Å². The molecule has 0 amide bonds. The molecule has 4 aliphatic rings. The first kappa shape index (κ1) is 18.8. The summed E-state index contributed by atoms with van der Waals surface area (Å²) in [5, 5.41) is 15.3. The molecule has 0 aliphatic heterocycles. The Bertz CT molecular complexity index is 1020. The number of halogens is 4. The van der Waals surface area contributed by atoms with Crippen LogP contribution in [0, 0.1) is 23.7 Å². The largest absolute Gasteiger partial charge is 0.492 e. The Kier molecular flexibility index (Phi) is 3.44. The van der Waals surface area contributed by atoms with E-state index in [0.717, 1.165) is 6.42 Å². The molecule has 6 nitrogen and oxygen atoms in total. The van der Waals surface area contributed by atoms with E-state index in [1.165, 1.54) is 0 Å². The van der Waals surface area contributed by atoms with E-state index in [1.807, 2.05) is 0 Å². The zero-order chi connectivity index (χ0) is 21.1. The first-order valence-electron chi connectivity index (χ1n) is 9.11. The van der Waals surface area contributed by atoms with Crippen LogP contribution in [0.25, 0.3) is 0 Å². The molecule has 4 bridgehead atoms. The van der Waals surface area contributed by atoms with Gasteiger partial charge in [0.1, 0.15) is 0 Å². The normalized spacial score (nSPS) is 34.5. The van der Waals surface area contributed by atoms with E-state index >= 15 is 0 Å². The summed E-state index contributed by atoms with van der Waals surface area (Å²) in [6.07, 6.45) is 5.33. The molecule has 4 aliphatic carbocycles. The Hall–Kier alpha value is -2.17. The second-order valence-corrected chi connectivity index (χ2v) is 9.76. The van der Waals surface area contributed by atoms with Crippen LogP contribution in [0.5, 0.6) is 11.8 Å². The van der Waals surface area contributed by atoms with E-state index in [4.69, 9.17) is 0 Å². The van der Waals surface area contributed by atoms with Gasteiger partial charge in [-0.15, -0.1) is 0 Å². The van der Waals surface area contributed by atoms with Crippen molar-refractivity contribution in [2.24, 2.45) is 23.7 Å². The summed E-state index contributed by atoms with van der Waals surface area (Å²) >= 11 is 0. The average Bonchev–Trinajstić information content (AvgIpc) is 3.44. The van der Waals surface area contributed by atoms with Gasteiger partial charge < -0.3 is 10.2 Å². The Labute approximate surface area is 163 Å². The molecule has 2 fully saturated rings. The average molecular weight is 435 g/mol. The van der Waals surface area contributed by atoms with Crippen molar-refractivity contribution >= 4 is 10.1 Å². The number of rotatable bonds is 5. The van der Waals surface area contributed by atoms with E-state index in [9.17, 15) is 36.2 Å². The van der Waals surface area contributed by atoms with Crippen molar-refractivity contribution in [2.75, 3.05) is 0 Å². The van der Waals surface area contributed by atoms with Gasteiger partial charge in [0.25, 0.3) is 0 Å². The van der Waals surface area contributed by atoms with Gasteiger partial charge in [-0.2, -0.15) is 26.0 Å². The predicted octanol–water partition coefficient (Wildman–Crippen LogP) is 3.09.